The molecule has 20 heavy (non-hydrogen) atoms. The predicted molar refractivity (Wildman–Crippen MR) is 84.6 cm³/mol. The van der Waals surface area contributed by atoms with Crippen molar-refractivity contribution < 1.29 is 9.53 Å². The summed E-state index contributed by atoms with van der Waals surface area (Å²) in [6, 6.07) is 7.83. The van der Waals surface area contributed by atoms with Crippen LogP contribution in [-0.2, 0) is 4.79 Å². The SMILES string of the molecule is CCCOc1ccc(NC(=O)CC2CSCCN2)cc1. The predicted octanol–water partition coefficient (Wildman–Crippen LogP) is 2.51. The maximum absolute atomic E-state index is 11.9. The highest BCUT2D eigenvalue weighted by molar-refractivity contribution is 7.99. The van der Waals surface area contributed by atoms with Crippen molar-refractivity contribution in [3.63, 3.8) is 0 Å². The molecule has 0 bridgehead atoms. The lowest BCUT2D eigenvalue weighted by molar-refractivity contribution is -0.116. The summed E-state index contributed by atoms with van der Waals surface area (Å²) in [6.45, 7) is 3.79. The van der Waals surface area contributed by atoms with Gasteiger partial charge in [-0.25, -0.2) is 0 Å². The van der Waals surface area contributed by atoms with Gasteiger partial charge in [0.2, 0.25) is 5.91 Å². The Morgan fingerprint density at radius 1 is 1.45 bits per heavy atom. The van der Waals surface area contributed by atoms with Crippen molar-refractivity contribution in [2.45, 2.75) is 25.8 Å². The van der Waals surface area contributed by atoms with E-state index >= 15 is 0 Å². The number of hydrogen-bond acceptors (Lipinski definition) is 4. The molecule has 110 valence electrons. The zero-order chi connectivity index (χ0) is 14.2. The molecule has 1 saturated heterocycles. The number of carbonyl (C=O) groups excluding carboxylic acids is 1. The van der Waals surface area contributed by atoms with Gasteiger partial charge in [0.15, 0.2) is 0 Å². The maximum Gasteiger partial charge on any atom is 0.225 e. The van der Waals surface area contributed by atoms with Crippen LogP contribution in [0.5, 0.6) is 5.75 Å². The topological polar surface area (TPSA) is 50.4 Å². The summed E-state index contributed by atoms with van der Waals surface area (Å²) in [5, 5.41) is 6.30. The van der Waals surface area contributed by atoms with Gasteiger partial charge in [-0.1, -0.05) is 6.92 Å². The van der Waals surface area contributed by atoms with Crippen LogP contribution in [0.15, 0.2) is 24.3 Å². The van der Waals surface area contributed by atoms with Crippen LogP contribution in [0.3, 0.4) is 0 Å². The summed E-state index contributed by atoms with van der Waals surface area (Å²) >= 11 is 1.90. The first-order valence-corrected chi connectivity index (χ1v) is 8.27. The van der Waals surface area contributed by atoms with E-state index in [1.165, 1.54) is 0 Å². The number of thioether (sulfide) groups is 1. The second-order valence-corrected chi connectivity index (χ2v) is 6.00. The van der Waals surface area contributed by atoms with Crippen LogP contribution >= 0.6 is 11.8 Å². The van der Waals surface area contributed by atoms with Crippen molar-refractivity contribution in [2.75, 3.05) is 30.0 Å². The van der Waals surface area contributed by atoms with Crippen molar-refractivity contribution in [1.29, 1.82) is 0 Å². The van der Waals surface area contributed by atoms with Gasteiger partial charge in [-0.2, -0.15) is 11.8 Å². The number of rotatable bonds is 6. The van der Waals surface area contributed by atoms with Crippen LogP contribution < -0.4 is 15.4 Å². The lowest BCUT2D eigenvalue weighted by Crippen LogP contribution is -2.39. The number of ether oxygens (including phenoxy) is 1. The third-order valence-electron chi connectivity index (χ3n) is 3.04. The first-order valence-electron chi connectivity index (χ1n) is 7.12. The molecule has 5 heteroatoms. The normalized spacial score (nSPS) is 18.6. The van der Waals surface area contributed by atoms with Crippen LogP contribution in [0.2, 0.25) is 0 Å². The molecule has 1 aromatic carbocycles. The van der Waals surface area contributed by atoms with E-state index in [-0.39, 0.29) is 5.91 Å². The Hall–Kier alpha value is -1.20. The van der Waals surface area contributed by atoms with Crippen molar-refractivity contribution in [3.8, 4) is 5.75 Å². The van der Waals surface area contributed by atoms with E-state index < -0.39 is 0 Å². The highest BCUT2D eigenvalue weighted by Gasteiger charge is 2.16. The standard InChI is InChI=1S/C15H22N2O2S/c1-2-8-19-14-5-3-12(4-6-14)17-15(18)10-13-11-20-9-7-16-13/h3-6,13,16H,2,7-11H2,1H3,(H,17,18). The van der Waals surface area contributed by atoms with Crippen LogP contribution in [0, 0.1) is 0 Å². The van der Waals surface area contributed by atoms with Gasteiger partial charge in [0.05, 0.1) is 6.61 Å². The molecule has 1 aliphatic rings. The van der Waals surface area contributed by atoms with Crippen LogP contribution in [0.25, 0.3) is 0 Å². The fraction of sp³-hybridized carbons (Fsp3) is 0.533. The van der Waals surface area contributed by atoms with E-state index in [2.05, 4.69) is 17.6 Å². The monoisotopic (exact) mass is 294 g/mol. The number of nitrogens with one attached hydrogen (secondary N) is 2. The zero-order valence-electron chi connectivity index (χ0n) is 11.9. The summed E-state index contributed by atoms with van der Waals surface area (Å²) in [5.41, 5.74) is 0.822. The Morgan fingerprint density at radius 3 is 2.90 bits per heavy atom. The Kier molecular flexibility index (Phi) is 6.21. The largest absolute Gasteiger partial charge is 0.494 e. The Labute approximate surface area is 124 Å². The number of amides is 1. The summed E-state index contributed by atoms with van der Waals surface area (Å²) in [7, 11) is 0. The van der Waals surface area contributed by atoms with Gasteiger partial charge in [0.1, 0.15) is 5.75 Å². The van der Waals surface area contributed by atoms with Gasteiger partial charge in [-0.3, -0.25) is 4.79 Å². The average Bonchev–Trinajstić information content (AvgIpc) is 2.47. The molecule has 0 aromatic heterocycles. The fourth-order valence-electron chi connectivity index (χ4n) is 2.04. The van der Waals surface area contributed by atoms with E-state index in [4.69, 9.17) is 4.74 Å². The first kappa shape index (κ1) is 15.2. The van der Waals surface area contributed by atoms with Crippen molar-refractivity contribution in [2.24, 2.45) is 0 Å². The molecule has 0 saturated carbocycles. The molecule has 0 spiro atoms. The lowest BCUT2D eigenvalue weighted by atomic mass is 10.2. The third-order valence-corrected chi connectivity index (χ3v) is 4.17. The van der Waals surface area contributed by atoms with E-state index in [1.807, 2.05) is 36.0 Å². The molecule has 1 fully saturated rings. The second kappa shape index (κ2) is 8.17. The van der Waals surface area contributed by atoms with E-state index in [0.717, 1.165) is 42.5 Å². The molecule has 2 rings (SSSR count). The lowest BCUT2D eigenvalue weighted by Gasteiger charge is -2.22. The smallest absolute Gasteiger partial charge is 0.225 e. The molecule has 2 N–H and O–H groups in total. The fourth-order valence-corrected chi connectivity index (χ4v) is 2.99. The summed E-state index contributed by atoms with van der Waals surface area (Å²) < 4.78 is 5.51. The molecular weight excluding hydrogens is 272 g/mol. The highest BCUT2D eigenvalue weighted by atomic mass is 32.2. The van der Waals surface area contributed by atoms with Crippen molar-refractivity contribution in [3.05, 3.63) is 24.3 Å². The van der Waals surface area contributed by atoms with Crippen LogP contribution in [0.4, 0.5) is 5.69 Å². The summed E-state index contributed by atoms with van der Waals surface area (Å²) in [4.78, 5) is 11.9. The molecule has 1 amide bonds. The molecular formula is C15H22N2O2S. The second-order valence-electron chi connectivity index (χ2n) is 4.85. The Bertz CT molecular complexity index is 416. The molecule has 1 heterocycles. The Balaban J connectivity index is 1.78. The maximum atomic E-state index is 11.9. The van der Waals surface area contributed by atoms with Gasteiger partial charge in [-0.15, -0.1) is 0 Å². The van der Waals surface area contributed by atoms with E-state index in [1.54, 1.807) is 0 Å². The number of carbonyl (C=O) groups is 1. The van der Waals surface area contributed by atoms with E-state index in [0.29, 0.717) is 12.5 Å². The number of anilines is 1. The van der Waals surface area contributed by atoms with Crippen LogP contribution in [0.1, 0.15) is 19.8 Å². The van der Waals surface area contributed by atoms with Crippen LogP contribution in [-0.4, -0.2) is 36.6 Å². The molecule has 1 unspecified atom stereocenters. The Morgan fingerprint density at radius 2 is 2.25 bits per heavy atom. The minimum absolute atomic E-state index is 0.0622. The van der Waals surface area contributed by atoms with Crippen molar-refractivity contribution in [1.82, 2.24) is 5.32 Å². The molecule has 1 atom stereocenters. The van der Waals surface area contributed by atoms with Gasteiger partial charge in [0.25, 0.3) is 0 Å². The van der Waals surface area contributed by atoms with Gasteiger partial charge >= 0.3 is 0 Å². The molecule has 0 aliphatic carbocycles. The van der Waals surface area contributed by atoms with Crippen molar-refractivity contribution >= 4 is 23.4 Å². The number of benzene rings is 1. The minimum Gasteiger partial charge on any atom is -0.494 e. The molecule has 4 nitrogen and oxygen atoms in total. The molecule has 1 aliphatic heterocycles. The summed E-state index contributed by atoms with van der Waals surface area (Å²) in [5.74, 6) is 3.05. The first-order chi connectivity index (χ1) is 9.78. The zero-order valence-corrected chi connectivity index (χ0v) is 12.7. The van der Waals surface area contributed by atoms with Gasteiger partial charge in [-0.05, 0) is 30.7 Å². The van der Waals surface area contributed by atoms with Gasteiger partial charge < -0.3 is 15.4 Å². The summed E-state index contributed by atoms with van der Waals surface area (Å²) in [6.07, 6.45) is 1.52. The molecule has 0 radical (unpaired) electrons. The quantitative estimate of drug-likeness (QED) is 0.846. The average molecular weight is 294 g/mol. The number of hydrogen-bond donors (Lipinski definition) is 2. The van der Waals surface area contributed by atoms with E-state index in [9.17, 15) is 4.79 Å². The minimum atomic E-state index is 0.0622. The van der Waals surface area contributed by atoms with Gasteiger partial charge in [0, 0.05) is 36.2 Å². The molecule has 1 aromatic rings. The highest BCUT2D eigenvalue weighted by Crippen LogP contribution is 2.17. The third kappa shape index (κ3) is 5.06.